The van der Waals surface area contributed by atoms with Gasteiger partial charge in [-0.05, 0) is 97.7 Å². The third-order valence-electron chi connectivity index (χ3n) is 12.8. The second kappa shape index (κ2) is 16.5. The van der Waals surface area contributed by atoms with Crippen LogP contribution in [-0.4, -0.2) is 106 Å². The number of carbonyl (C=O) groups is 3. The molecule has 1 spiro atoms. The summed E-state index contributed by atoms with van der Waals surface area (Å²) in [6.07, 6.45) is 9.63. The van der Waals surface area contributed by atoms with Crippen molar-refractivity contribution in [3.63, 3.8) is 0 Å². The van der Waals surface area contributed by atoms with E-state index >= 15 is 0 Å². The van der Waals surface area contributed by atoms with E-state index in [1.807, 2.05) is 25.1 Å². The van der Waals surface area contributed by atoms with Crippen molar-refractivity contribution in [2.45, 2.75) is 62.9 Å². The van der Waals surface area contributed by atoms with E-state index in [0.717, 1.165) is 32.1 Å². The molecule has 4 heterocycles. The Balaban J connectivity index is 1.21. The third-order valence-corrected chi connectivity index (χ3v) is 15.0. The Morgan fingerprint density at radius 3 is 2.73 bits per heavy atom. The second-order valence-electron chi connectivity index (χ2n) is 17.0. The highest BCUT2D eigenvalue weighted by molar-refractivity contribution is 7.92. The summed E-state index contributed by atoms with van der Waals surface area (Å²) < 4.78 is 40.5. The molecule has 0 radical (unpaired) electrons. The number of fused-ring (bicyclic) bond motifs is 4. The monoisotopic (exact) mass is 848 g/mol. The van der Waals surface area contributed by atoms with E-state index in [-0.39, 0.29) is 52.8 Å². The van der Waals surface area contributed by atoms with Crippen LogP contribution in [0.5, 0.6) is 11.6 Å². The Bertz CT molecular complexity index is 2280. The molecular weight excluding hydrogens is 796 g/mol. The maximum atomic E-state index is 14.8. The van der Waals surface area contributed by atoms with Crippen molar-refractivity contribution in [2.75, 3.05) is 63.8 Å². The zero-order valence-electron chi connectivity index (χ0n) is 33.9. The molecular formula is C43H53ClN6O8S. The number of benzene rings is 2. The molecule has 3 amide bonds. The Morgan fingerprint density at radius 1 is 1.15 bits per heavy atom. The molecule has 2 bridgehead atoms. The van der Waals surface area contributed by atoms with E-state index in [4.69, 9.17) is 25.8 Å². The molecule has 1 saturated carbocycles. The summed E-state index contributed by atoms with van der Waals surface area (Å²) >= 11 is 6.49. The first kappa shape index (κ1) is 41.3. The molecule has 2 fully saturated rings. The highest BCUT2D eigenvalue weighted by atomic mass is 35.5. The molecule has 8 rings (SSSR count). The van der Waals surface area contributed by atoms with Gasteiger partial charge >= 0.3 is 0 Å². The van der Waals surface area contributed by atoms with Crippen molar-refractivity contribution >= 4 is 44.9 Å². The normalized spacial score (nSPS) is 30.1. The van der Waals surface area contributed by atoms with Gasteiger partial charge in [-0.2, -0.15) is 0 Å². The van der Waals surface area contributed by atoms with Crippen LogP contribution >= 0.6 is 11.6 Å². The van der Waals surface area contributed by atoms with E-state index in [1.165, 1.54) is 29.1 Å². The van der Waals surface area contributed by atoms with Crippen LogP contribution in [-0.2, 0) is 38.3 Å². The summed E-state index contributed by atoms with van der Waals surface area (Å²) in [5.74, 6) is -1.72. The molecule has 6 atom stereocenters. The number of nitrogens with zero attached hydrogens (tertiary/aromatic N) is 5. The zero-order chi connectivity index (χ0) is 41.5. The van der Waals surface area contributed by atoms with Gasteiger partial charge in [0.1, 0.15) is 21.2 Å². The van der Waals surface area contributed by atoms with Gasteiger partial charge in [0.15, 0.2) is 0 Å². The van der Waals surface area contributed by atoms with Crippen LogP contribution in [0.4, 0.5) is 5.69 Å². The number of anilines is 1. The minimum Gasteiger partial charge on any atom is -0.490 e. The Morgan fingerprint density at radius 2 is 1.97 bits per heavy atom. The molecule has 2 aromatic carbocycles. The number of aliphatic hydroxyl groups is 1. The van der Waals surface area contributed by atoms with Crippen LogP contribution in [0.15, 0.2) is 59.1 Å². The van der Waals surface area contributed by atoms with E-state index in [9.17, 15) is 23.7 Å². The first-order valence-electron chi connectivity index (χ1n) is 20.5. The number of rotatable bonds is 5. The Kier molecular flexibility index (Phi) is 11.6. The van der Waals surface area contributed by atoms with Gasteiger partial charge < -0.3 is 29.1 Å². The second-order valence-corrected chi connectivity index (χ2v) is 19.4. The lowest BCUT2D eigenvalue weighted by Crippen LogP contribution is -2.54. The number of ether oxygens (including phenoxy) is 3. The molecule has 5 aliphatic rings. The van der Waals surface area contributed by atoms with Crippen molar-refractivity contribution in [3.8, 4) is 11.6 Å². The molecule has 1 aromatic heterocycles. The topological polar surface area (TPSA) is 165 Å². The third kappa shape index (κ3) is 8.48. The van der Waals surface area contributed by atoms with Gasteiger partial charge in [-0.25, -0.2) is 4.21 Å². The van der Waals surface area contributed by atoms with Gasteiger partial charge in [0.05, 0.1) is 50.4 Å². The average molecular weight is 849 g/mol. The number of methoxy groups -OCH3 is 1. The fourth-order valence-corrected chi connectivity index (χ4v) is 11.8. The molecule has 316 valence electrons. The van der Waals surface area contributed by atoms with Crippen LogP contribution in [0.2, 0.25) is 5.02 Å². The predicted octanol–water partition coefficient (Wildman–Crippen LogP) is 5.11. The van der Waals surface area contributed by atoms with Crippen LogP contribution in [0.3, 0.4) is 0 Å². The lowest BCUT2D eigenvalue weighted by molar-refractivity contribution is -0.143. The summed E-state index contributed by atoms with van der Waals surface area (Å²) in [7, 11) is -0.731. The summed E-state index contributed by atoms with van der Waals surface area (Å²) in [4.78, 5) is 45.7. The van der Waals surface area contributed by atoms with Crippen LogP contribution < -0.4 is 19.1 Å². The van der Waals surface area contributed by atoms with Gasteiger partial charge in [-0.3, -0.25) is 23.8 Å². The van der Waals surface area contributed by atoms with Crippen LogP contribution in [0, 0.1) is 17.8 Å². The number of aromatic nitrogens is 2. The van der Waals surface area contributed by atoms with Gasteiger partial charge in [-0.15, -0.1) is 9.46 Å². The number of aryl methyl sites for hydroxylation is 2. The number of nitrogens with one attached hydrogen (secondary N) is 1. The fourth-order valence-electron chi connectivity index (χ4n) is 9.68. The largest absolute Gasteiger partial charge is 0.490 e. The van der Waals surface area contributed by atoms with E-state index < -0.39 is 32.7 Å². The van der Waals surface area contributed by atoms with Gasteiger partial charge in [-0.1, -0.05) is 36.7 Å². The summed E-state index contributed by atoms with van der Waals surface area (Å²) in [5.41, 5.74) is 1.46. The first-order chi connectivity index (χ1) is 28.3. The average Bonchev–Trinajstić information content (AvgIpc) is 3.51. The van der Waals surface area contributed by atoms with Crippen LogP contribution in [0.1, 0.15) is 77.3 Å². The Labute approximate surface area is 350 Å². The molecule has 14 nitrogen and oxygen atoms in total. The molecule has 59 heavy (non-hydrogen) atoms. The lowest BCUT2D eigenvalue weighted by Gasteiger charge is -2.49. The van der Waals surface area contributed by atoms with E-state index in [1.54, 1.807) is 36.2 Å². The molecule has 3 aromatic rings. The molecule has 1 saturated heterocycles. The predicted molar refractivity (Wildman–Crippen MR) is 223 cm³/mol. The minimum atomic E-state index is -3.74. The lowest BCUT2D eigenvalue weighted by atomic mass is 9.63. The highest BCUT2D eigenvalue weighted by Gasteiger charge is 2.49. The number of carbonyl (C=O) groups excluding carboxylic acids is 3. The van der Waals surface area contributed by atoms with E-state index in [0.29, 0.717) is 68.9 Å². The summed E-state index contributed by atoms with van der Waals surface area (Å²) in [6.45, 7) is 5.22. The molecule has 16 heteroatoms. The number of hydrogen-bond donors (Lipinski definition) is 2. The fraction of sp³-hybridized carbons (Fsp3) is 0.535. The highest BCUT2D eigenvalue weighted by Crippen LogP contribution is 2.49. The van der Waals surface area contributed by atoms with Crippen molar-refractivity contribution in [2.24, 2.45) is 29.2 Å². The van der Waals surface area contributed by atoms with Crippen LogP contribution in [0.25, 0.3) is 0 Å². The van der Waals surface area contributed by atoms with Gasteiger partial charge in [0.25, 0.3) is 11.8 Å². The van der Waals surface area contributed by atoms with E-state index in [2.05, 4.69) is 25.1 Å². The van der Waals surface area contributed by atoms with Crippen molar-refractivity contribution in [3.05, 3.63) is 82.0 Å². The number of allylic oxidation sites excluding steroid dienone is 1. The summed E-state index contributed by atoms with van der Waals surface area (Å²) in [5, 5.41) is 17.5. The van der Waals surface area contributed by atoms with Gasteiger partial charge in [0.2, 0.25) is 11.8 Å². The maximum absolute atomic E-state index is 14.8. The summed E-state index contributed by atoms with van der Waals surface area (Å²) in [6, 6.07) is 11.2. The molecule has 2 aliphatic carbocycles. The Hall–Kier alpha value is -4.44. The van der Waals surface area contributed by atoms with Crippen molar-refractivity contribution in [1.82, 2.24) is 19.4 Å². The van der Waals surface area contributed by atoms with Crippen molar-refractivity contribution < 1.29 is 37.9 Å². The first-order valence-corrected chi connectivity index (χ1v) is 22.6. The maximum Gasteiger partial charge on any atom is 0.286 e. The minimum absolute atomic E-state index is 0.0196. The molecule has 1 unspecified atom stereocenters. The number of halogens is 1. The molecule has 3 aliphatic heterocycles. The number of morpholine rings is 1. The number of hydrogen-bond acceptors (Lipinski definition) is 10. The van der Waals surface area contributed by atoms with Crippen molar-refractivity contribution in [1.29, 1.82) is 0 Å². The van der Waals surface area contributed by atoms with Gasteiger partial charge in [0, 0.05) is 55.4 Å². The smallest absolute Gasteiger partial charge is 0.286 e. The standard InChI is InChI=1S/C43H53ClN6O8S/c1-28-6-4-15-43(54,22-38(51)49-16-18-57-19-17-49)35-11-8-31(35)23-50-26-42(14-5-7-29-20-32(44)10-12-34(29)42)27-58-37-13-9-30(21-36(37)50)39(52)46-59(55,25-28)47-40(53)33-24-48(2)45-41(33)56-3/h4,9-10,12-13,15,20-21,24,28,31,35,54H,5-8,11,14,16-19,22-23,25-27H2,1-3H3,(H,46,47,52,53,55)/b15-4+/t28-,31-,35+,42-,43-,59?/m0/s1. The molecule has 2 N–H and O–H groups in total. The number of amides is 3. The zero-order valence-corrected chi connectivity index (χ0v) is 35.4. The SMILES string of the molecule is COc1nn(C)cc1C(=O)NS1(=O)=NC(=O)c2ccc3c(c2)N(C[C@@H]2CC[C@H]2[C@@](O)(CC(=O)N2CCOCC2)/C=C/C[C@H](C)C1)C[C@@]1(CCCc2cc(Cl)ccc21)CO3. The quantitative estimate of drug-likeness (QED) is 0.330.